The van der Waals surface area contributed by atoms with E-state index in [9.17, 15) is 33.6 Å². The van der Waals surface area contributed by atoms with Crippen LogP contribution in [0.3, 0.4) is 0 Å². The van der Waals surface area contributed by atoms with Crippen molar-refractivity contribution >= 4 is 41.8 Å². The first-order chi connectivity index (χ1) is 17.0. The number of hydrogen-bond donors (Lipinski definition) is 8. The molecule has 8 N–H and O–H groups in total. The third-order valence-corrected chi connectivity index (χ3v) is 4.35. The number of carboxylic acids is 7. The minimum Gasteiger partial charge on any atom is -0.481 e. The van der Waals surface area contributed by atoms with E-state index in [1.54, 1.807) is 0 Å². The third-order valence-electron chi connectivity index (χ3n) is 4.35. The Morgan fingerprint density at radius 2 is 0.595 bits per heavy atom. The fourth-order valence-corrected chi connectivity index (χ4v) is 2.53. The van der Waals surface area contributed by atoms with Gasteiger partial charge in [0.2, 0.25) is 0 Å². The molecule has 0 heterocycles. The van der Waals surface area contributed by atoms with Gasteiger partial charge in [-0.15, -0.1) is 0 Å². The summed E-state index contributed by atoms with van der Waals surface area (Å²) < 4.78 is 0. The fraction of sp³-hybridized carbons (Fsp3) is 0.682. The number of rotatable bonds is 19. The van der Waals surface area contributed by atoms with E-state index in [0.717, 1.165) is 25.7 Å². The highest BCUT2D eigenvalue weighted by molar-refractivity contribution is 5.88. The van der Waals surface area contributed by atoms with Crippen LogP contribution in [0.2, 0.25) is 0 Å². The van der Waals surface area contributed by atoms with Crippen molar-refractivity contribution < 1.29 is 74.4 Å². The Morgan fingerprint density at radius 3 is 0.730 bits per heavy atom. The Hall–Kier alpha value is -3.75. The van der Waals surface area contributed by atoms with Crippen molar-refractivity contribution in [2.45, 2.75) is 95.5 Å². The molecule has 0 fully saturated rings. The molecule has 214 valence electrons. The molecule has 0 amide bonds. The van der Waals surface area contributed by atoms with E-state index in [1.807, 2.05) is 0 Å². The molecule has 0 atom stereocenters. The van der Waals surface area contributed by atoms with E-state index in [-0.39, 0.29) is 25.7 Å². The summed E-state index contributed by atoms with van der Waals surface area (Å²) in [6.07, 6.45) is 4.27. The van der Waals surface area contributed by atoms with Gasteiger partial charge in [-0.2, -0.15) is 0 Å². The van der Waals surface area contributed by atoms with Crippen LogP contribution < -0.4 is 0 Å². The lowest BCUT2D eigenvalue weighted by Crippen LogP contribution is -2.42. The van der Waals surface area contributed by atoms with Crippen LogP contribution in [0.25, 0.3) is 0 Å². The van der Waals surface area contributed by atoms with Crippen molar-refractivity contribution in [3.8, 4) is 0 Å². The van der Waals surface area contributed by atoms with Crippen molar-refractivity contribution in [3.05, 3.63) is 0 Å². The molecule has 0 unspecified atom stereocenters. The van der Waals surface area contributed by atoms with Gasteiger partial charge in [-0.3, -0.25) is 28.8 Å². The first-order valence-electron chi connectivity index (χ1n) is 11.3. The van der Waals surface area contributed by atoms with Crippen molar-refractivity contribution in [1.82, 2.24) is 0 Å². The summed E-state index contributed by atoms with van der Waals surface area (Å²) in [6, 6.07) is 0. The second-order valence-electron chi connectivity index (χ2n) is 7.88. The Labute approximate surface area is 212 Å². The maximum Gasteiger partial charge on any atom is 0.336 e. The lowest BCUT2D eigenvalue weighted by molar-refractivity contribution is -0.170. The van der Waals surface area contributed by atoms with Crippen LogP contribution >= 0.6 is 0 Å². The smallest absolute Gasteiger partial charge is 0.336 e. The topological polar surface area (TPSA) is 281 Å². The number of unbranched alkanes of at least 4 members (excludes halogenated alkanes) is 6. The van der Waals surface area contributed by atoms with Gasteiger partial charge >= 0.3 is 41.8 Å². The maximum atomic E-state index is 10.3. The molecule has 0 aliphatic carbocycles. The molecule has 0 aliphatic rings. The predicted octanol–water partition coefficient (Wildman–Crippen LogP) is 1.74. The van der Waals surface area contributed by atoms with Gasteiger partial charge in [0.15, 0.2) is 5.60 Å². The van der Waals surface area contributed by atoms with Crippen LogP contribution in [0, 0.1) is 0 Å². The van der Waals surface area contributed by atoms with E-state index < -0.39 is 60.2 Å². The van der Waals surface area contributed by atoms with Crippen molar-refractivity contribution in [1.29, 1.82) is 0 Å². The molecule has 0 radical (unpaired) electrons. The molecular formula is C22H36O15. The van der Waals surface area contributed by atoms with E-state index in [2.05, 4.69) is 0 Å². The molecule has 15 nitrogen and oxygen atoms in total. The Kier molecular flexibility index (Phi) is 23.2. The van der Waals surface area contributed by atoms with Crippen LogP contribution in [-0.2, 0) is 33.6 Å². The first-order valence-corrected chi connectivity index (χ1v) is 11.3. The monoisotopic (exact) mass is 540 g/mol. The summed E-state index contributed by atoms with van der Waals surface area (Å²) in [6.45, 7) is 0. The van der Waals surface area contributed by atoms with Gasteiger partial charge in [0, 0.05) is 25.7 Å². The van der Waals surface area contributed by atoms with Crippen molar-refractivity contribution in [2.75, 3.05) is 0 Å². The van der Waals surface area contributed by atoms with Gasteiger partial charge in [-0.25, -0.2) is 4.79 Å². The zero-order chi connectivity index (χ0) is 29.4. The van der Waals surface area contributed by atoms with Gasteiger partial charge in [0.25, 0.3) is 0 Å². The minimum absolute atomic E-state index is 0.188. The maximum absolute atomic E-state index is 10.3. The lowest BCUT2D eigenvalue weighted by atomic mass is 9.96. The van der Waals surface area contributed by atoms with Gasteiger partial charge in [-0.05, 0) is 25.7 Å². The summed E-state index contributed by atoms with van der Waals surface area (Å²) in [4.78, 5) is 70.7. The summed E-state index contributed by atoms with van der Waals surface area (Å²) in [5.41, 5.74) is -2.74. The average Bonchev–Trinajstić information content (AvgIpc) is 2.72. The predicted molar refractivity (Wildman–Crippen MR) is 123 cm³/mol. The molecule has 37 heavy (non-hydrogen) atoms. The molecule has 0 spiro atoms. The second kappa shape index (κ2) is 22.7. The van der Waals surface area contributed by atoms with Crippen LogP contribution in [0.5, 0.6) is 0 Å². The van der Waals surface area contributed by atoms with E-state index in [0.29, 0.717) is 25.7 Å². The van der Waals surface area contributed by atoms with Crippen molar-refractivity contribution in [3.63, 3.8) is 0 Å². The number of carboxylic acid groups (broad SMARTS) is 7. The molecule has 15 heteroatoms. The Balaban J connectivity index is -0.000000469. The number of carbonyl (C=O) groups is 7. The number of aliphatic hydroxyl groups is 1. The average molecular weight is 541 g/mol. The van der Waals surface area contributed by atoms with Gasteiger partial charge in [0.1, 0.15) is 0 Å². The van der Waals surface area contributed by atoms with E-state index in [4.69, 9.17) is 40.9 Å². The van der Waals surface area contributed by atoms with E-state index in [1.165, 1.54) is 0 Å². The Bertz CT molecular complexity index is 656. The zero-order valence-electron chi connectivity index (χ0n) is 20.3. The van der Waals surface area contributed by atoms with Gasteiger partial charge in [0.05, 0.1) is 12.8 Å². The lowest BCUT2D eigenvalue weighted by Gasteiger charge is -2.18. The Morgan fingerprint density at radius 1 is 0.378 bits per heavy atom. The highest BCUT2D eigenvalue weighted by atomic mass is 16.4. The molecule has 0 aromatic carbocycles. The van der Waals surface area contributed by atoms with Crippen LogP contribution in [-0.4, -0.2) is 88.2 Å². The molecule has 0 rings (SSSR count). The summed E-state index contributed by atoms with van der Waals surface area (Å²) in [5, 5.41) is 66.9. The summed E-state index contributed by atoms with van der Waals surface area (Å²) in [5.74, 6) is -8.16. The summed E-state index contributed by atoms with van der Waals surface area (Å²) >= 11 is 0. The second-order valence-corrected chi connectivity index (χ2v) is 7.88. The normalized spacial score (nSPS) is 10.1. The molecular weight excluding hydrogens is 504 g/mol. The highest BCUT2D eigenvalue weighted by Gasteiger charge is 2.40. The summed E-state index contributed by atoms with van der Waals surface area (Å²) in [7, 11) is 0. The zero-order valence-corrected chi connectivity index (χ0v) is 20.3. The SMILES string of the molecule is O=C(O)CC(O)(CC(=O)O)C(=O)O.O=C(O)CCCCCCC(=O)O.O=C(O)CCCCCCC(=O)O. The molecule has 0 aromatic heterocycles. The fourth-order valence-electron chi connectivity index (χ4n) is 2.53. The molecule has 0 bridgehead atoms. The molecule has 0 aliphatic heterocycles. The van der Waals surface area contributed by atoms with Gasteiger partial charge in [-0.1, -0.05) is 25.7 Å². The van der Waals surface area contributed by atoms with Crippen LogP contribution in [0.4, 0.5) is 0 Å². The molecule has 0 aromatic rings. The molecule has 0 saturated heterocycles. The standard InChI is InChI=1S/2C8H14O4.C6H8O7/c2*9-7(10)5-3-1-2-4-6-8(11)12;7-3(8)1-6(13,5(11)12)2-4(9)10/h2*1-6H2,(H,9,10)(H,11,12);13H,1-2H2,(H,7,8)(H,9,10)(H,11,12). The van der Waals surface area contributed by atoms with Gasteiger partial charge < -0.3 is 40.9 Å². The highest BCUT2D eigenvalue weighted by Crippen LogP contribution is 2.15. The minimum atomic E-state index is -2.74. The van der Waals surface area contributed by atoms with E-state index >= 15 is 0 Å². The number of hydrogen-bond acceptors (Lipinski definition) is 8. The van der Waals surface area contributed by atoms with Crippen LogP contribution in [0.15, 0.2) is 0 Å². The first kappa shape index (κ1) is 37.8. The van der Waals surface area contributed by atoms with Crippen molar-refractivity contribution in [2.24, 2.45) is 0 Å². The largest absolute Gasteiger partial charge is 0.481 e. The third kappa shape index (κ3) is 32.2. The number of aliphatic carboxylic acids is 7. The van der Waals surface area contributed by atoms with Crippen LogP contribution in [0.1, 0.15) is 89.9 Å². The molecule has 0 saturated carbocycles. The quantitative estimate of drug-likeness (QED) is 0.108.